The first-order valence-electron chi connectivity index (χ1n) is 5.14. The Kier molecular flexibility index (Phi) is 4.37. The minimum atomic E-state index is -0.689. The lowest BCUT2D eigenvalue weighted by Crippen LogP contribution is -2.55. The van der Waals surface area contributed by atoms with Gasteiger partial charge in [-0.2, -0.15) is 0 Å². The second kappa shape index (κ2) is 5.36. The summed E-state index contributed by atoms with van der Waals surface area (Å²) in [5, 5.41) is 3.99. The lowest BCUT2D eigenvalue weighted by atomic mass is 10.1. The number of nitrogens with one attached hydrogen (secondary N) is 1. The van der Waals surface area contributed by atoms with Gasteiger partial charge in [0, 0.05) is 25.2 Å². The van der Waals surface area contributed by atoms with Gasteiger partial charge in [-0.15, -0.1) is 0 Å². The van der Waals surface area contributed by atoms with Crippen molar-refractivity contribution in [3.05, 3.63) is 12.4 Å². The van der Waals surface area contributed by atoms with Crippen LogP contribution in [0.1, 0.15) is 13.8 Å². The highest BCUT2D eigenvalue weighted by Crippen LogP contribution is 2.20. The highest BCUT2D eigenvalue weighted by Gasteiger charge is 2.30. The Bertz CT molecular complexity index is 365. The maximum absolute atomic E-state index is 11.4. The molecule has 0 aliphatic carbocycles. The van der Waals surface area contributed by atoms with Gasteiger partial charge >= 0.3 is 0 Å². The van der Waals surface area contributed by atoms with Crippen LogP contribution in [-0.4, -0.2) is 33.3 Å². The molecule has 0 aliphatic rings. The van der Waals surface area contributed by atoms with Gasteiger partial charge < -0.3 is 15.6 Å². The van der Waals surface area contributed by atoms with E-state index in [0.717, 1.165) is 5.16 Å². The number of nitrogens with two attached hydrogens (primary N) is 1. The SMILES string of the molecule is CCNC(C)(CSc1nccn1C)C(N)=O. The molecular weight excluding hydrogens is 224 g/mol. The summed E-state index contributed by atoms with van der Waals surface area (Å²) in [6, 6.07) is 0. The Balaban J connectivity index is 2.64. The monoisotopic (exact) mass is 242 g/mol. The van der Waals surface area contributed by atoms with Gasteiger partial charge in [0.05, 0.1) is 0 Å². The average Bonchev–Trinajstić information content (AvgIpc) is 2.61. The molecule has 1 aromatic heterocycles. The molecule has 1 aromatic rings. The van der Waals surface area contributed by atoms with E-state index in [0.29, 0.717) is 12.3 Å². The molecule has 0 aromatic carbocycles. The van der Waals surface area contributed by atoms with E-state index in [9.17, 15) is 4.79 Å². The highest BCUT2D eigenvalue weighted by molar-refractivity contribution is 7.99. The summed E-state index contributed by atoms with van der Waals surface area (Å²) in [5.41, 5.74) is 4.70. The molecule has 1 rings (SSSR count). The van der Waals surface area contributed by atoms with Crippen molar-refractivity contribution < 1.29 is 4.79 Å². The lowest BCUT2D eigenvalue weighted by molar-refractivity contribution is -0.122. The first-order valence-corrected chi connectivity index (χ1v) is 6.13. The van der Waals surface area contributed by atoms with Crippen molar-refractivity contribution in [2.45, 2.75) is 24.5 Å². The topological polar surface area (TPSA) is 72.9 Å². The van der Waals surface area contributed by atoms with E-state index in [1.807, 2.05) is 31.7 Å². The number of imidazole rings is 1. The summed E-state index contributed by atoms with van der Waals surface area (Å²) in [4.78, 5) is 15.6. The lowest BCUT2D eigenvalue weighted by Gasteiger charge is -2.26. The van der Waals surface area contributed by atoms with Crippen LogP contribution in [0.25, 0.3) is 0 Å². The number of aryl methyl sites for hydroxylation is 1. The first kappa shape index (κ1) is 13.1. The van der Waals surface area contributed by atoms with Crippen LogP contribution in [0.4, 0.5) is 0 Å². The largest absolute Gasteiger partial charge is 0.368 e. The summed E-state index contributed by atoms with van der Waals surface area (Å²) in [5.74, 6) is 0.233. The van der Waals surface area contributed by atoms with Gasteiger partial charge in [-0.05, 0) is 13.5 Å². The van der Waals surface area contributed by atoms with E-state index in [1.54, 1.807) is 6.20 Å². The van der Waals surface area contributed by atoms with Crippen LogP contribution in [0, 0.1) is 0 Å². The molecule has 90 valence electrons. The van der Waals surface area contributed by atoms with Crippen LogP contribution in [0.15, 0.2) is 17.6 Å². The molecule has 0 bridgehead atoms. The van der Waals surface area contributed by atoms with Gasteiger partial charge in [-0.1, -0.05) is 18.7 Å². The molecule has 0 radical (unpaired) electrons. The van der Waals surface area contributed by atoms with Crippen molar-refractivity contribution in [3.8, 4) is 0 Å². The number of aromatic nitrogens is 2. The maximum Gasteiger partial charge on any atom is 0.238 e. The zero-order chi connectivity index (χ0) is 12.2. The number of carbonyl (C=O) groups is 1. The van der Waals surface area contributed by atoms with Crippen molar-refractivity contribution in [1.29, 1.82) is 0 Å². The van der Waals surface area contributed by atoms with Crippen LogP contribution in [0.3, 0.4) is 0 Å². The molecule has 0 spiro atoms. The fraction of sp³-hybridized carbons (Fsp3) is 0.600. The number of likely N-dealkylation sites (N-methyl/N-ethyl adjacent to an activating group) is 1. The minimum absolute atomic E-state index is 0.337. The molecule has 3 N–H and O–H groups in total. The summed E-state index contributed by atoms with van der Waals surface area (Å²) >= 11 is 1.52. The number of primary amides is 1. The minimum Gasteiger partial charge on any atom is -0.368 e. The summed E-state index contributed by atoms with van der Waals surface area (Å²) in [7, 11) is 1.92. The maximum atomic E-state index is 11.4. The fourth-order valence-electron chi connectivity index (χ4n) is 1.30. The third-order valence-electron chi connectivity index (χ3n) is 2.38. The Morgan fingerprint density at radius 3 is 2.88 bits per heavy atom. The Morgan fingerprint density at radius 1 is 1.75 bits per heavy atom. The molecule has 1 heterocycles. The molecule has 6 heteroatoms. The predicted molar refractivity (Wildman–Crippen MR) is 65.2 cm³/mol. The second-order valence-electron chi connectivity index (χ2n) is 3.84. The Morgan fingerprint density at radius 2 is 2.44 bits per heavy atom. The van der Waals surface area contributed by atoms with Gasteiger partial charge in [-0.25, -0.2) is 4.98 Å². The molecule has 0 fully saturated rings. The average molecular weight is 242 g/mol. The van der Waals surface area contributed by atoms with E-state index in [2.05, 4.69) is 10.3 Å². The number of amides is 1. The number of hydrogen-bond acceptors (Lipinski definition) is 4. The Labute approximate surface area is 99.8 Å². The molecule has 1 atom stereocenters. The smallest absolute Gasteiger partial charge is 0.238 e. The van der Waals surface area contributed by atoms with Crippen molar-refractivity contribution in [2.75, 3.05) is 12.3 Å². The van der Waals surface area contributed by atoms with E-state index in [1.165, 1.54) is 11.8 Å². The van der Waals surface area contributed by atoms with Crippen LogP contribution >= 0.6 is 11.8 Å². The predicted octanol–water partition coefficient (Wildman–Crippen LogP) is 0.366. The molecule has 0 saturated carbocycles. The van der Waals surface area contributed by atoms with Gasteiger partial charge in [0.15, 0.2) is 5.16 Å². The van der Waals surface area contributed by atoms with Crippen molar-refractivity contribution in [1.82, 2.24) is 14.9 Å². The van der Waals surface area contributed by atoms with Crippen molar-refractivity contribution in [2.24, 2.45) is 12.8 Å². The number of thioether (sulfide) groups is 1. The standard InChI is InChI=1S/C10H18N4OS/c1-4-13-10(2,8(11)15)7-16-9-12-5-6-14(9)3/h5-6,13H,4,7H2,1-3H3,(H2,11,15). The molecule has 0 aliphatic heterocycles. The van der Waals surface area contributed by atoms with Crippen LogP contribution in [-0.2, 0) is 11.8 Å². The molecule has 1 amide bonds. The number of carbonyl (C=O) groups excluding carboxylic acids is 1. The van der Waals surface area contributed by atoms with Gasteiger partial charge in [0.1, 0.15) is 5.54 Å². The Hall–Kier alpha value is -1.01. The summed E-state index contributed by atoms with van der Waals surface area (Å²) in [6.07, 6.45) is 3.61. The zero-order valence-corrected chi connectivity index (χ0v) is 10.7. The molecule has 1 unspecified atom stereocenters. The van der Waals surface area contributed by atoms with E-state index in [4.69, 9.17) is 5.73 Å². The van der Waals surface area contributed by atoms with Crippen LogP contribution < -0.4 is 11.1 Å². The first-order chi connectivity index (χ1) is 7.49. The molecule has 16 heavy (non-hydrogen) atoms. The molecule has 0 saturated heterocycles. The second-order valence-corrected chi connectivity index (χ2v) is 4.78. The molecule has 5 nitrogen and oxygen atoms in total. The number of nitrogens with zero attached hydrogens (tertiary/aromatic N) is 2. The van der Waals surface area contributed by atoms with E-state index in [-0.39, 0.29) is 5.91 Å². The third-order valence-corrected chi connectivity index (χ3v) is 3.75. The van der Waals surface area contributed by atoms with Crippen LogP contribution in [0.5, 0.6) is 0 Å². The zero-order valence-electron chi connectivity index (χ0n) is 9.86. The fourth-order valence-corrected chi connectivity index (χ4v) is 2.36. The normalized spacial score (nSPS) is 14.7. The van der Waals surface area contributed by atoms with Crippen molar-refractivity contribution >= 4 is 17.7 Å². The number of rotatable bonds is 6. The van der Waals surface area contributed by atoms with Crippen LogP contribution in [0.2, 0.25) is 0 Å². The highest BCUT2D eigenvalue weighted by atomic mass is 32.2. The van der Waals surface area contributed by atoms with E-state index < -0.39 is 5.54 Å². The third kappa shape index (κ3) is 2.99. The van der Waals surface area contributed by atoms with Gasteiger partial charge in [0.25, 0.3) is 0 Å². The summed E-state index contributed by atoms with van der Waals surface area (Å²) in [6.45, 7) is 4.47. The molecular formula is C10H18N4OS. The van der Waals surface area contributed by atoms with Gasteiger partial charge in [-0.3, -0.25) is 4.79 Å². The summed E-state index contributed by atoms with van der Waals surface area (Å²) < 4.78 is 1.91. The van der Waals surface area contributed by atoms with Crippen molar-refractivity contribution in [3.63, 3.8) is 0 Å². The van der Waals surface area contributed by atoms with E-state index >= 15 is 0 Å². The number of hydrogen-bond donors (Lipinski definition) is 2. The quantitative estimate of drug-likeness (QED) is 0.707. The van der Waals surface area contributed by atoms with Gasteiger partial charge in [0.2, 0.25) is 5.91 Å².